The molecule has 0 saturated carbocycles. The molecular weight excluding hydrogens is 342 g/mol. The van der Waals surface area contributed by atoms with Gasteiger partial charge >= 0.3 is 6.09 Å². The van der Waals surface area contributed by atoms with Gasteiger partial charge in [0.25, 0.3) is 10.1 Å². The Morgan fingerprint density at radius 1 is 1.28 bits per heavy atom. The van der Waals surface area contributed by atoms with Crippen LogP contribution in [0.5, 0.6) is 0 Å². The molecule has 0 aliphatic carbocycles. The van der Waals surface area contributed by atoms with Crippen LogP contribution >= 0.6 is 0 Å². The molecule has 1 aliphatic rings. The van der Waals surface area contributed by atoms with Crippen LogP contribution in [0.15, 0.2) is 29.2 Å². The molecule has 1 saturated heterocycles. The molecule has 7 heteroatoms. The first kappa shape index (κ1) is 19.7. The number of amides is 1. The van der Waals surface area contributed by atoms with E-state index >= 15 is 0 Å². The van der Waals surface area contributed by atoms with Crippen molar-refractivity contribution in [3.63, 3.8) is 0 Å². The van der Waals surface area contributed by atoms with Crippen LogP contribution in [0, 0.1) is 12.3 Å². The number of benzene rings is 1. The van der Waals surface area contributed by atoms with Crippen molar-refractivity contribution in [2.24, 2.45) is 5.41 Å². The highest BCUT2D eigenvalue weighted by Gasteiger charge is 2.47. The van der Waals surface area contributed by atoms with E-state index in [0.29, 0.717) is 25.8 Å². The molecular formula is C18H27NO5S. The third-order valence-corrected chi connectivity index (χ3v) is 5.76. The largest absolute Gasteiger partial charge is 0.465 e. The summed E-state index contributed by atoms with van der Waals surface area (Å²) in [6, 6.07) is 6.43. The van der Waals surface area contributed by atoms with Gasteiger partial charge in [0.2, 0.25) is 0 Å². The number of rotatable bonds is 5. The second-order valence-corrected chi connectivity index (χ2v) is 9.64. The highest BCUT2D eigenvalue weighted by atomic mass is 32.2. The van der Waals surface area contributed by atoms with Crippen LogP contribution in [0.1, 0.15) is 45.6 Å². The lowest BCUT2D eigenvalue weighted by Gasteiger charge is -2.40. The number of carbonyl (C=O) groups is 1. The Labute approximate surface area is 149 Å². The maximum Gasteiger partial charge on any atom is 0.407 e. The van der Waals surface area contributed by atoms with E-state index in [1.807, 2.05) is 27.7 Å². The number of carboxylic acid groups (broad SMARTS) is 1. The Morgan fingerprint density at radius 3 is 2.40 bits per heavy atom. The lowest BCUT2D eigenvalue weighted by Crippen LogP contribution is -2.52. The van der Waals surface area contributed by atoms with Gasteiger partial charge in [-0.1, -0.05) is 38.5 Å². The van der Waals surface area contributed by atoms with Gasteiger partial charge in [0.1, 0.15) is 0 Å². The summed E-state index contributed by atoms with van der Waals surface area (Å²) in [7, 11) is -3.93. The SMILES string of the molecule is Cc1ccc(S(=O)(=O)OC[C@]2(CC(C)(C)C)CCCN2C(=O)O)cc1. The van der Waals surface area contributed by atoms with Crippen molar-refractivity contribution in [1.82, 2.24) is 4.90 Å². The van der Waals surface area contributed by atoms with E-state index in [9.17, 15) is 18.3 Å². The molecule has 0 aromatic heterocycles. The van der Waals surface area contributed by atoms with Crippen LogP contribution in [-0.4, -0.2) is 43.2 Å². The van der Waals surface area contributed by atoms with Crippen LogP contribution in [-0.2, 0) is 14.3 Å². The molecule has 1 aliphatic heterocycles. The van der Waals surface area contributed by atoms with Crippen molar-refractivity contribution in [3.8, 4) is 0 Å². The molecule has 1 amide bonds. The van der Waals surface area contributed by atoms with E-state index in [-0.39, 0.29) is 16.9 Å². The fraction of sp³-hybridized carbons (Fsp3) is 0.611. The molecule has 6 nitrogen and oxygen atoms in total. The second kappa shape index (κ2) is 6.96. The highest BCUT2D eigenvalue weighted by molar-refractivity contribution is 7.86. The maximum atomic E-state index is 12.5. The summed E-state index contributed by atoms with van der Waals surface area (Å²) < 4.78 is 30.3. The van der Waals surface area contributed by atoms with E-state index in [2.05, 4.69) is 0 Å². The molecule has 1 fully saturated rings. The molecule has 140 valence electrons. The first-order valence-corrected chi connectivity index (χ1v) is 9.83. The second-order valence-electron chi connectivity index (χ2n) is 8.03. The number of nitrogens with zero attached hydrogens (tertiary/aromatic N) is 1. The number of aryl methyl sites for hydroxylation is 1. The minimum Gasteiger partial charge on any atom is -0.465 e. The monoisotopic (exact) mass is 369 g/mol. The fourth-order valence-corrected chi connectivity index (χ4v) is 4.55. The Balaban J connectivity index is 2.25. The number of likely N-dealkylation sites (tertiary alicyclic amines) is 1. The predicted molar refractivity (Wildman–Crippen MR) is 95.1 cm³/mol. The molecule has 1 heterocycles. The first-order chi connectivity index (χ1) is 11.5. The van der Waals surface area contributed by atoms with E-state index in [0.717, 1.165) is 5.56 Å². The van der Waals surface area contributed by atoms with Crippen LogP contribution in [0.3, 0.4) is 0 Å². The summed E-state index contributed by atoms with van der Waals surface area (Å²) in [4.78, 5) is 13.1. The molecule has 0 unspecified atom stereocenters. The van der Waals surface area contributed by atoms with Gasteiger partial charge < -0.3 is 10.0 Å². The molecule has 0 bridgehead atoms. The summed E-state index contributed by atoms with van der Waals surface area (Å²) in [5.41, 5.74) is -0.0207. The van der Waals surface area contributed by atoms with Gasteiger partial charge in [0, 0.05) is 6.54 Å². The molecule has 1 aromatic rings. The van der Waals surface area contributed by atoms with Gasteiger partial charge in [-0.05, 0) is 43.7 Å². The van der Waals surface area contributed by atoms with Crippen molar-refractivity contribution in [2.45, 2.75) is 57.4 Å². The van der Waals surface area contributed by atoms with Crippen LogP contribution in [0.2, 0.25) is 0 Å². The van der Waals surface area contributed by atoms with Gasteiger partial charge in [-0.2, -0.15) is 8.42 Å². The molecule has 0 spiro atoms. The zero-order valence-electron chi connectivity index (χ0n) is 15.3. The van der Waals surface area contributed by atoms with Crippen molar-refractivity contribution in [1.29, 1.82) is 0 Å². The Bertz CT molecular complexity index is 721. The molecule has 2 rings (SSSR count). The maximum absolute atomic E-state index is 12.5. The molecule has 25 heavy (non-hydrogen) atoms. The zero-order chi connectivity index (χ0) is 18.9. The predicted octanol–water partition coefficient (Wildman–Crippen LogP) is 3.65. The fourth-order valence-electron chi connectivity index (χ4n) is 3.57. The molecule has 1 atom stereocenters. The van der Waals surface area contributed by atoms with Gasteiger partial charge in [0.15, 0.2) is 0 Å². The van der Waals surface area contributed by atoms with Crippen molar-refractivity contribution < 1.29 is 22.5 Å². The van der Waals surface area contributed by atoms with E-state index in [1.165, 1.54) is 17.0 Å². The molecule has 1 N–H and O–H groups in total. The lowest BCUT2D eigenvalue weighted by atomic mass is 9.78. The van der Waals surface area contributed by atoms with Gasteiger partial charge in [-0.3, -0.25) is 4.18 Å². The topological polar surface area (TPSA) is 83.9 Å². The Kier molecular flexibility index (Phi) is 5.49. The van der Waals surface area contributed by atoms with Gasteiger partial charge in [-0.15, -0.1) is 0 Å². The summed E-state index contributed by atoms with van der Waals surface area (Å²) in [5.74, 6) is 0. The highest BCUT2D eigenvalue weighted by Crippen LogP contribution is 2.40. The smallest absolute Gasteiger partial charge is 0.407 e. The summed E-state index contributed by atoms with van der Waals surface area (Å²) >= 11 is 0. The normalized spacial score (nSPS) is 21.5. The lowest BCUT2D eigenvalue weighted by molar-refractivity contribution is 0.0429. The Morgan fingerprint density at radius 2 is 1.88 bits per heavy atom. The summed E-state index contributed by atoms with van der Waals surface area (Å²) in [6.45, 7) is 8.16. The third kappa shape index (κ3) is 4.73. The van der Waals surface area contributed by atoms with E-state index in [1.54, 1.807) is 12.1 Å². The quantitative estimate of drug-likeness (QED) is 0.801. The minimum absolute atomic E-state index is 0.0869. The van der Waals surface area contributed by atoms with Crippen molar-refractivity contribution in [3.05, 3.63) is 29.8 Å². The number of hydrogen-bond donors (Lipinski definition) is 1. The summed E-state index contributed by atoms with van der Waals surface area (Å²) in [5, 5.41) is 9.54. The van der Waals surface area contributed by atoms with Crippen LogP contribution < -0.4 is 0 Å². The van der Waals surface area contributed by atoms with Crippen LogP contribution in [0.4, 0.5) is 4.79 Å². The summed E-state index contributed by atoms with van der Waals surface area (Å²) in [6.07, 6.45) is 0.810. The minimum atomic E-state index is -3.93. The van der Waals surface area contributed by atoms with Gasteiger partial charge in [-0.25, -0.2) is 4.79 Å². The zero-order valence-corrected chi connectivity index (χ0v) is 16.1. The Hall–Kier alpha value is -1.60. The number of hydrogen-bond acceptors (Lipinski definition) is 4. The molecule has 1 aromatic carbocycles. The standard InChI is InChI=1S/C18H27NO5S/c1-14-6-8-15(9-7-14)25(22,23)24-13-18(12-17(2,3)4)10-5-11-19(18)16(20)21/h6-9H,5,10-13H2,1-4H3,(H,20,21)/t18-/m1/s1. The van der Waals surface area contributed by atoms with E-state index in [4.69, 9.17) is 4.18 Å². The molecule has 0 radical (unpaired) electrons. The van der Waals surface area contributed by atoms with E-state index < -0.39 is 21.8 Å². The average molecular weight is 369 g/mol. The van der Waals surface area contributed by atoms with Crippen molar-refractivity contribution >= 4 is 16.2 Å². The average Bonchev–Trinajstić information content (AvgIpc) is 2.88. The first-order valence-electron chi connectivity index (χ1n) is 8.42. The third-order valence-electron chi connectivity index (χ3n) is 4.48. The van der Waals surface area contributed by atoms with Gasteiger partial charge in [0.05, 0.1) is 17.0 Å². The van der Waals surface area contributed by atoms with Crippen molar-refractivity contribution in [2.75, 3.05) is 13.2 Å². The van der Waals surface area contributed by atoms with Crippen LogP contribution in [0.25, 0.3) is 0 Å².